The lowest BCUT2D eigenvalue weighted by molar-refractivity contribution is -0.227. The maximum atomic E-state index is 15.0. The van der Waals surface area contributed by atoms with E-state index in [0.29, 0.717) is 12.8 Å². The summed E-state index contributed by atoms with van der Waals surface area (Å²) >= 11 is 0. The molecule has 0 aromatic heterocycles. The quantitative estimate of drug-likeness (QED) is 0.350. The number of ketones is 2. The van der Waals surface area contributed by atoms with Crippen LogP contribution in [0.15, 0.2) is 0 Å². The molecular weight excluding hydrogens is 520 g/mol. The number of hydrogen-bond donors (Lipinski definition) is 0. The third kappa shape index (κ3) is 3.95. The molecule has 4 rings (SSSR count). The predicted molar refractivity (Wildman–Crippen MR) is 139 cm³/mol. The van der Waals surface area contributed by atoms with Crippen molar-refractivity contribution < 1.29 is 47.7 Å². The van der Waals surface area contributed by atoms with Crippen LogP contribution in [0.3, 0.4) is 0 Å². The van der Waals surface area contributed by atoms with E-state index in [1.54, 1.807) is 20.8 Å². The van der Waals surface area contributed by atoms with E-state index in [0.717, 1.165) is 0 Å². The molecule has 4 saturated carbocycles. The summed E-state index contributed by atoms with van der Waals surface area (Å²) in [7, 11) is 0. The Labute approximate surface area is 235 Å². The number of carbonyl (C=O) groups is 6. The fourth-order valence-electron chi connectivity index (χ4n) is 8.83. The molecule has 0 aromatic carbocycles. The van der Waals surface area contributed by atoms with Crippen LogP contribution in [0.1, 0.15) is 88.0 Å². The molecule has 0 heterocycles. The molecule has 4 fully saturated rings. The van der Waals surface area contributed by atoms with Gasteiger partial charge in [-0.1, -0.05) is 34.6 Å². The number of ether oxygens (including phenoxy) is 4. The Bertz CT molecular complexity index is 1160. The smallest absolute Gasteiger partial charge is 0.306 e. The normalized spacial score (nSPS) is 42.9. The van der Waals surface area contributed by atoms with Crippen molar-refractivity contribution in [3.63, 3.8) is 0 Å². The average Bonchev–Trinajstić information content (AvgIpc) is 3.30. The van der Waals surface area contributed by atoms with Gasteiger partial charge >= 0.3 is 23.9 Å². The fourth-order valence-corrected chi connectivity index (χ4v) is 8.83. The van der Waals surface area contributed by atoms with Crippen LogP contribution in [0.4, 0.5) is 0 Å². The lowest BCUT2D eigenvalue weighted by Gasteiger charge is -2.57. The Morgan fingerprint density at radius 1 is 0.825 bits per heavy atom. The number of rotatable bonds is 6. The molecule has 0 radical (unpaired) electrons. The second-order valence-corrected chi connectivity index (χ2v) is 13.4. The van der Waals surface area contributed by atoms with Crippen LogP contribution >= 0.6 is 0 Å². The fraction of sp³-hybridized carbons (Fsp3) is 0.800. The summed E-state index contributed by atoms with van der Waals surface area (Å²) in [4.78, 5) is 79.7. The van der Waals surface area contributed by atoms with E-state index in [1.165, 1.54) is 20.8 Å². The van der Waals surface area contributed by atoms with Gasteiger partial charge in [-0.2, -0.15) is 0 Å². The maximum absolute atomic E-state index is 15.0. The largest absolute Gasteiger partial charge is 0.461 e. The summed E-state index contributed by atoms with van der Waals surface area (Å²) in [5.74, 6) is -6.12. The summed E-state index contributed by atoms with van der Waals surface area (Å²) in [5.41, 5.74) is -5.40. The Kier molecular flexibility index (Phi) is 7.29. The van der Waals surface area contributed by atoms with E-state index in [-0.39, 0.29) is 18.6 Å². The van der Waals surface area contributed by atoms with Gasteiger partial charge in [-0.05, 0) is 31.6 Å². The van der Waals surface area contributed by atoms with Crippen molar-refractivity contribution >= 4 is 35.4 Å². The van der Waals surface area contributed by atoms with Crippen molar-refractivity contribution in [1.29, 1.82) is 0 Å². The molecule has 0 spiro atoms. The Hall–Kier alpha value is -2.78. The van der Waals surface area contributed by atoms with Crippen LogP contribution in [0.2, 0.25) is 0 Å². The molecule has 10 atom stereocenters. The summed E-state index contributed by atoms with van der Waals surface area (Å²) in [6, 6.07) is 0. The third-order valence-electron chi connectivity index (χ3n) is 10.4. The minimum Gasteiger partial charge on any atom is -0.461 e. The maximum Gasteiger partial charge on any atom is 0.306 e. The lowest BCUT2D eigenvalue weighted by atomic mass is 9.48. The van der Waals surface area contributed by atoms with Crippen LogP contribution in [-0.4, -0.2) is 59.4 Å². The van der Waals surface area contributed by atoms with Crippen LogP contribution < -0.4 is 0 Å². The highest BCUT2D eigenvalue weighted by molar-refractivity contribution is 6.07. The molecular formula is C30H42O10. The molecule has 222 valence electrons. The molecule has 4 aliphatic carbocycles. The van der Waals surface area contributed by atoms with E-state index in [9.17, 15) is 24.0 Å². The average molecular weight is 563 g/mol. The zero-order chi connectivity index (χ0) is 30.2. The van der Waals surface area contributed by atoms with Gasteiger partial charge in [-0.3, -0.25) is 28.8 Å². The van der Waals surface area contributed by atoms with E-state index in [2.05, 4.69) is 0 Å². The number of carbonyl (C=O) groups excluding carboxylic acids is 6. The van der Waals surface area contributed by atoms with Gasteiger partial charge in [0, 0.05) is 44.4 Å². The van der Waals surface area contributed by atoms with Crippen LogP contribution in [-0.2, 0) is 47.7 Å². The zero-order valence-corrected chi connectivity index (χ0v) is 25.0. The number of fused-ring (bicyclic) bond motifs is 4. The summed E-state index contributed by atoms with van der Waals surface area (Å²) in [6.45, 7) is 14.4. The van der Waals surface area contributed by atoms with Gasteiger partial charge < -0.3 is 18.9 Å². The number of esters is 4. The standard InChI is InChI=1S/C30H42O10/c1-10-11-19(34)39-22-14(2)12-30(40-17(5)33)21(22)25(38-16(4)32)29(9)23(35)20-18(28(29,8)26(30)36)13-27(6,7)24(20)37-15(3)31/h14,18,20-22,24-25H,10-13H2,1-9H3/t14-,18+,20-,21+,22-,24+,25+,28+,29-,30+/m0/s1. The summed E-state index contributed by atoms with van der Waals surface area (Å²) < 4.78 is 23.5. The molecule has 0 aromatic rings. The minimum atomic E-state index is -1.78. The van der Waals surface area contributed by atoms with Crippen LogP contribution in [0.25, 0.3) is 0 Å². The summed E-state index contributed by atoms with van der Waals surface area (Å²) in [5, 5.41) is 0. The molecule has 0 saturated heterocycles. The first kappa shape index (κ1) is 30.2. The van der Waals surface area contributed by atoms with Crippen molar-refractivity contribution in [3.05, 3.63) is 0 Å². The van der Waals surface area contributed by atoms with Gasteiger partial charge in [0.05, 0.1) is 17.3 Å². The molecule has 10 nitrogen and oxygen atoms in total. The topological polar surface area (TPSA) is 139 Å². The molecule has 0 bridgehead atoms. The van der Waals surface area contributed by atoms with Gasteiger partial charge in [-0.15, -0.1) is 0 Å². The second-order valence-electron chi connectivity index (χ2n) is 13.4. The lowest BCUT2D eigenvalue weighted by Crippen LogP contribution is -2.72. The molecule has 40 heavy (non-hydrogen) atoms. The molecule has 0 amide bonds. The van der Waals surface area contributed by atoms with Crippen LogP contribution in [0.5, 0.6) is 0 Å². The van der Waals surface area contributed by atoms with Gasteiger partial charge in [-0.25, -0.2) is 0 Å². The molecule has 4 aliphatic rings. The monoisotopic (exact) mass is 562 g/mol. The number of hydrogen-bond acceptors (Lipinski definition) is 10. The van der Waals surface area contributed by atoms with Gasteiger partial charge in [0.2, 0.25) is 0 Å². The highest BCUT2D eigenvalue weighted by atomic mass is 16.6. The van der Waals surface area contributed by atoms with Crippen molar-refractivity contribution in [3.8, 4) is 0 Å². The molecule has 10 heteroatoms. The van der Waals surface area contributed by atoms with Gasteiger partial charge in [0.15, 0.2) is 17.2 Å². The number of Topliss-reactive ketones (excluding diaryl/α,β-unsaturated/α-hetero) is 2. The van der Waals surface area contributed by atoms with E-state index in [1.807, 2.05) is 20.8 Å². The zero-order valence-electron chi connectivity index (χ0n) is 25.0. The van der Waals surface area contributed by atoms with E-state index < -0.39 is 93.5 Å². The minimum absolute atomic E-state index is 0.0476. The molecule has 0 aliphatic heterocycles. The third-order valence-corrected chi connectivity index (χ3v) is 10.4. The Balaban J connectivity index is 1.97. The van der Waals surface area contributed by atoms with Crippen molar-refractivity contribution in [1.82, 2.24) is 0 Å². The highest BCUT2D eigenvalue weighted by Gasteiger charge is 2.85. The highest BCUT2D eigenvalue weighted by Crippen LogP contribution is 2.73. The molecule has 0 N–H and O–H groups in total. The predicted octanol–water partition coefficient (Wildman–Crippen LogP) is 3.36. The second kappa shape index (κ2) is 9.65. The SMILES string of the molecule is CCCC(=O)O[C@@H]1[C@@H]2[C@@H](OC(C)=O)[C@]3(C)C(=O)[C@H]4[C@@H](OC(C)=O)C(C)(C)C[C@H]4[C@]3(C)C(=O)[C@@]2(OC(C)=O)C[C@@H]1C. The van der Waals surface area contributed by atoms with E-state index in [4.69, 9.17) is 18.9 Å². The van der Waals surface area contributed by atoms with Gasteiger partial charge in [0.1, 0.15) is 18.3 Å². The first-order chi connectivity index (χ1) is 18.4. The Morgan fingerprint density at radius 3 is 1.93 bits per heavy atom. The first-order valence-electron chi connectivity index (χ1n) is 14.2. The Morgan fingerprint density at radius 2 is 1.40 bits per heavy atom. The molecule has 0 unspecified atom stereocenters. The van der Waals surface area contributed by atoms with Crippen molar-refractivity contribution in [2.75, 3.05) is 0 Å². The first-order valence-corrected chi connectivity index (χ1v) is 14.2. The van der Waals surface area contributed by atoms with Crippen molar-refractivity contribution in [2.24, 2.45) is 39.9 Å². The van der Waals surface area contributed by atoms with Gasteiger partial charge in [0.25, 0.3) is 0 Å². The van der Waals surface area contributed by atoms with Crippen molar-refractivity contribution in [2.45, 2.75) is 112 Å². The van der Waals surface area contributed by atoms with E-state index >= 15 is 4.79 Å². The van der Waals surface area contributed by atoms with Crippen LogP contribution in [0, 0.1) is 39.9 Å². The summed E-state index contributed by atoms with van der Waals surface area (Å²) in [6.07, 6.45) is -1.87.